The molecule has 1 N–H and O–H groups in total. The number of hydrogen-bond donors (Lipinski definition) is 1. The fraction of sp³-hybridized carbons (Fsp3) is 1.00. The molecule has 2 rings (SSSR count). The van der Waals surface area contributed by atoms with Gasteiger partial charge in [-0.3, -0.25) is 0 Å². The Kier molecular flexibility index (Phi) is 1.95. The van der Waals surface area contributed by atoms with E-state index in [4.69, 9.17) is 9.47 Å². The predicted molar refractivity (Wildman–Crippen MR) is 36.2 cm³/mol. The lowest BCUT2D eigenvalue weighted by molar-refractivity contribution is -0.0370. The van der Waals surface area contributed by atoms with E-state index in [-0.39, 0.29) is 25.4 Å². The maximum atomic E-state index is 9.79. The molecule has 0 spiro atoms. The van der Waals surface area contributed by atoms with Crippen LogP contribution in [0.1, 0.15) is 0 Å². The predicted octanol–water partition coefficient (Wildman–Crippen LogP) is -0.789. The SMILES string of the molecule is O=NOC1COC2C(O)COC12. The summed E-state index contributed by atoms with van der Waals surface area (Å²) in [6, 6.07) is 0. The minimum absolute atomic E-state index is 0.230. The molecule has 2 fully saturated rings. The number of ether oxygens (including phenoxy) is 2. The Morgan fingerprint density at radius 1 is 1.33 bits per heavy atom. The first kappa shape index (κ1) is 7.90. The number of aliphatic hydroxyl groups excluding tert-OH is 1. The number of fused-ring (bicyclic) bond motifs is 1. The molecule has 4 unspecified atom stereocenters. The monoisotopic (exact) mass is 175 g/mol. The van der Waals surface area contributed by atoms with Crippen molar-refractivity contribution in [3.63, 3.8) is 0 Å². The highest BCUT2D eigenvalue weighted by Crippen LogP contribution is 2.28. The van der Waals surface area contributed by atoms with Gasteiger partial charge in [0.2, 0.25) is 0 Å². The second kappa shape index (κ2) is 2.96. The Hall–Kier alpha value is -0.720. The molecule has 2 saturated heterocycles. The third-order valence-electron chi connectivity index (χ3n) is 2.16. The van der Waals surface area contributed by atoms with Crippen LogP contribution in [-0.2, 0) is 14.3 Å². The normalized spacial score (nSPS) is 45.8. The molecule has 4 atom stereocenters. The lowest BCUT2D eigenvalue weighted by Gasteiger charge is -2.11. The third-order valence-corrected chi connectivity index (χ3v) is 2.16. The Labute approximate surface area is 68.3 Å². The largest absolute Gasteiger partial charge is 0.388 e. The van der Waals surface area contributed by atoms with Crippen LogP contribution in [0.5, 0.6) is 0 Å². The van der Waals surface area contributed by atoms with Gasteiger partial charge in [0.25, 0.3) is 0 Å². The smallest absolute Gasteiger partial charge is 0.182 e. The van der Waals surface area contributed by atoms with E-state index in [1.54, 1.807) is 0 Å². The quantitative estimate of drug-likeness (QED) is 0.439. The summed E-state index contributed by atoms with van der Waals surface area (Å²) in [5, 5.41) is 11.6. The molecule has 6 heteroatoms. The van der Waals surface area contributed by atoms with E-state index in [0.717, 1.165) is 0 Å². The van der Waals surface area contributed by atoms with Crippen molar-refractivity contribution in [2.75, 3.05) is 13.2 Å². The van der Waals surface area contributed by atoms with Crippen LogP contribution in [0.2, 0.25) is 0 Å². The fourth-order valence-corrected chi connectivity index (χ4v) is 1.59. The van der Waals surface area contributed by atoms with Gasteiger partial charge in [0, 0.05) is 0 Å². The second-order valence-electron chi connectivity index (χ2n) is 2.88. The van der Waals surface area contributed by atoms with Crippen molar-refractivity contribution >= 4 is 0 Å². The molecular formula is C6H9NO5. The van der Waals surface area contributed by atoms with Gasteiger partial charge in [0.1, 0.15) is 18.3 Å². The second-order valence-corrected chi connectivity index (χ2v) is 2.88. The molecule has 12 heavy (non-hydrogen) atoms. The van der Waals surface area contributed by atoms with E-state index >= 15 is 0 Å². The van der Waals surface area contributed by atoms with Gasteiger partial charge in [0.15, 0.2) is 11.4 Å². The van der Waals surface area contributed by atoms with Crippen LogP contribution in [0.4, 0.5) is 0 Å². The van der Waals surface area contributed by atoms with Gasteiger partial charge < -0.3 is 19.4 Å². The third kappa shape index (κ3) is 1.08. The van der Waals surface area contributed by atoms with Crippen LogP contribution in [0.15, 0.2) is 5.34 Å². The van der Waals surface area contributed by atoms with E-state index in [1.807, 2.05) is 0 Å². The van der Waals surface area contributed by atoms with Crippen molar-refractivity contribution in [3.05, 3.63) is 4.91 Å². The molecule has 0 aromatic rings. The Balaban J connectivity index is 2.00. The number of hydrogen-bond acceptors (Lipinski definition) is 6. The van der Waals surface area contributed by atoms with Crippen molar-refractivity contribution in [1.29, 1.82) is 0 Å². The Morgan fingerprint density at radius 2 is 2.08 bits per heavy atom. The standard InChI is InChI=1S/C6H9NO5/c8-3-1-10-6-4(12-7-9)2-11-5(3)6/h3-6,8H,1-2H2. The average molecular weight is 175 g/mol. The summed E-state index contributed by atoms with van der Waals surface area (Å²) in [4.78, 5) is 14.3. The van der Waals surface area contributed by atoms with Gasteiger partial charge in [-0.2, -0.15) is 0 Å². The van der Waals surface area contributed by atoms with E-state index in [9.17, 15) is 10.0 Å². The zero-order valence-corrected chi connectivity index (χ0v) is 6.25. The molecule has 0 bridgehead atoms. The van der Waals surface area contributed by atoms with Crippen molar-refractivity contribution in [1.82, 2.24) is 0 Å². The Morgan fingerprint density at radius 3 is 2.83 bits per heavy atom. The van der Waals surface area contributed by atoms with Crippen LogP contribution in [0, 0.1) is 4.91 Å². The van der Waals surface area contributed by atoms with Crippen LogP contribution in [0.3, 0.4) is 0 Å². The molecule has 0 amide bonds. The van der Waals surface area contributed by atoms with Gasteiger partial charge >= 0.3 is 0 Å². The fourth-order valence-electron chi connectivity index (χ4n) is 1.59. The maximum Gasteiger partial charge on any atom is 0.182 e. The molecule has 6 nitrogen and oxygen atoms in total. The lowest BCUT2D eigenvalue weighted by Crippen LogP contribution is -2.31. The van der Waals surface area contributed by atoms with Crippen LogP contribution in [-0.4, -0.2) is 42.7 Å². The minimum atomic E-state index is -0.616. The van der Waals surface area contributed by atoms with Gasteiger partial charge in [-0.15, -0.1) is 4.91 Å². The van der Waals surface area contributed by atoms with Crippen LogP contribution >= 0.6 is 0 Å². The molecule has 68 valence electrons. The van der Waals surface area contributed by atoms with Crippen molar-refractivity contribution in [3.8, 4) is 0 Å². The van der Waals surface area contributed by atoms with Gasteiger partial charge in [-0.1, -0.05) is 0 Å². The minimum Gasteiger partial charge on any atom is -0.388 e. The first-order chi connectivity index (χ1) is 5.83. The summed E-state index contributed by atoms with van der Waals surface area (Å²) in [5.74, 6) is 0. The zero-order chi connectivity index (χ0) is 8.55. The average Bonchev–Trinajstić information content (AvgIpc) is 2.58. The topological polar surface area (TPSA) is 77.4 Å². The molecule has 0 aromatic carbocycles. The van der Waals surface area contributed by atoms with Crippen molar-refractivity contribution in [2.24, 2.45) is 5.34 Å². The van der Waals surface area contributed by atoms with E-state index in [0.29, 0.717) is 0 Å². The molecule has 0 radical (unpaired) electrons. The molecule has 0 aliphatic carbocycles. The zero-order valence-electron chi connectivity index (χ0n) is 6.25. The highest BCUT2D eigenvalue weighted by molar-refractivity contribution is 4.94. The van der Waals surface area contributed by atoms with Gasteiger partial charge in [-0.05, 0) is 0 Å². The molecule has 2 heterocycles. The van der Waals surface area contributed by atoms with Crippen molar-refractivity contribution < 1.29 is 19.4 Å². The van der Waals surface area contributed by atoms with Crippen LogP contribution in [0.25, 0.3) is 0 Å². The molecule has 0 aromatic heterocycles. The summed E-state index contributed by atoms with van der Waals surface area (Å²) in [6.45, 7) is 0.478. The number of nitrogens with zero attached hydrogens (tertiary/aromatic N) is 1. The summed E-state index contributed by atoms with van der Waals surface area (Å²) in [6.07, 6.45) is -1.80. The lowest BCUT2D eigenvalue weighted by atomic mass is 10.1. The Bertz CT molecular complexity index is 187. The molecular weight excluding hydrogens is 166 g/mol. The first-order valence-electron chi connectivity index (χ1n) is 3.72. The van der Waals surface area contributed by atoms with E-state index in [1.165, 1.54) is 0 Å². The first-order valence-corrected chi connectivity index (χ1v) is 3.72. The maximum absolute atomic E-state index is 9.79. The number of aliphatic hydroxyl groups is 1. The summed E-state index contributed by atoms with van der Waals surface area (Å²) < 4.78 is 10.3. The molecule has 2 aliphatic heterocycles. The molecule has 2 aliphatic rings. The van der Waals surface area contributed by atoms with Crippen molar-refractivity contribution in [2.45, 2.75) is 24.4 Å². The van der Waals surface area contributed by atoms with E-state index < -0.39 is 12.2 Å². The summed E-state index contributed by atoms with van der Waals surface area (Å²) >= 11 is 0. The van der Waals surface area contributed by atoms with Crippen LogP contribution < -0.4 is 0 Å². The van der Waals surface area contributed by atoms with E-state index in [2.05, 4.69) is 10.2 Å². The highest BCUT2D eigenvalue weighted by Gasteiger charge is 2.48. The summed E-state index contributed by atoms with van der Waals surface area (Å²) in [7, 11) is 0. The highest BCUT2D eigenvalue weighted by atomic mass is 16.8. The van der Waals surface area contributed by atoms with Gasteiger partial charge in [-0.25, -0.2) is 0 Å². The molecule has 0 saturated carbocycles. The number of rotatable bonds is 2. The van der Waals surface area contributed by atoms with Gasteiger partial charge in [0.05, 0.1) is 13.2 Å². The summed E-state index contributed by atoms with van der Waals surface area (Å²) in [5.41, 5.74) is 0.